The van der Waals surface area contributed by atoms with Crippen molar-refractivity contribution in [3.05, 3.63) is 29.8 Å². The number of halogens is 1. The third kappa shape index (κ3) is 5.94. The molecule has 0 fully saturated rings. The van der Waals surface area contributed by atoms with Gasteiger partial charge in [0.05, 0.1) is 24.5 Å². The molecule has 20 heavy (non-hydrogen) atoms. The number of ether oxygens (including phenoxy) is 1. The minimum absolute atomic E-state index is 0.164. The molecule has 0 aliphatic rings. The Hall–Kier alpha value is -1.04. The Labute approximate surface area is 121 Å². The third-order valence-corrected chi connectivity index (χ3v) is 3.35. The van der Waals surface area contributed by atoms with Crippen LogP contribution in [0.1, 0.15) is 32.0 Å². The van der Waals surface area contributed by atoms with Gasteiger partial charge in [-0.15, -0.1) is 0 Å². The lowest BCUT2D eigenvalue weighted by Gasteiger charge is -2.24. The van der Waals surface area contributed by atoms with Crippen molar-refractivity contribution in [1.29, 1.82) is 0 Å². The van der Waals surface area contributed by atoms with E-state index in [0.717, 1.165) is 44.9 Å². The molecule has 0 aliphatic carbocycles. The van der Waals surface area contributed by atoms with Crippen LogP contribution in [-0.2, 0) is 4.74 Å². The first-order valence-electron chi connectivity index (χ1n) is 7.27. The topological polar surface area (TPSA) is 37.4 Å². The van der Waals surface area contributed by atoms with Gasteiger partial charge >= 0.3 is 0 Å². The smallest absolute Gasteiger partial charge is 0.141 e. The predicted molar refractivity (Wildman–Crippen MR) is 79.2 cm³/mol. The molecule has 0 radical (unpaired) electrons. The summed E-state index contributed by atoms with van der Waals surface area (Å²) in [7, 11) is 1.72. The van der Waals surface area contributed by atoms with Crippen LogP contribution < -0.4 is 5.32 Å². The van der Waals surface area contributed by atoms with Gasteiger partial charge in [-0.1, -0.05) is 13.8 Å². The van der Waals surface area contributed by atoms with Crippen LogP contribution in [0.5, 0.6) is 0 Å². The van der Waals surface area contributed by atoms with Crippen LogP contribution >= 0.6 is 0 Å². The molecule has 1 aromatic rings. The van der Waals surface area contributed by atoms with Gasteiger partial charge in [0.15, 0.2) is 0 Å². The molecule has 0 spiro atoms. The first kappa shape index (κ1) is 17.0. The Morgan fingerprint density at radius 3 is 2.70 bits per heavy atom. The second-order valence-electron chi connectivity index (χ2n) is 4.73. The van der Waals surface area contributed by atoms with E-state index in [1.807, 2.05) is 0 Å². The second kappa shape index (κ2) is 9.80. The number of likely N-dealkylation sites (N-methyl/N-ethyl adjacent to an activating group) is 1. The van der Waals surface area contributed by atoms with Crippen LogP contribution in [-0.4, -0.2) is 49.8 Å². The molecular weight excluding hydrogens is 257 g/mol. The molecule has 5 heteroatoms. The summed E-state index contributed by atoms with van der Waals surface area (Å²) in [4.78, 5) is 6.53. The molecule has 1 aromatic heterocycles. The SMILES string of the molecule is CCNC(CCN(CC)CCOC)c1ccc(F)cn1. The summed E-state index contributed by atoms with van der Waals surface area (Å²) in [6.45, 7) is 8.73. The maximum atomic E-state index is 12.9. The highest BCUT2D eigenvalue weighted by molar-refractivity contribution is 5.09. The molecule has 0 saturated heterocycles. The van der Waals surface area contributed by atoms with Crippen LogP contribution in [0.2, 0.25) is 0 Å². The lowest BCUT2D eigenvalue weighted by atomic mass is 10.1. The lowest BCUT2D eigenvalue weighted by Crippen LogP contribution is -2.32. The molecule has 0 amide bonds. The van der Waals surface area contributed by atoms with E-state index in [9.17, 15) is 4.39 Å². The Morgan fingerprint density at radius 1 is 1.35 bits per heavy atom. The zero-order valence-corrected chi connectivity index (χ0v) is 12.7. The normalized spacial score (nSPS) is 12.8. The first-order valence-corrected chi connectivity index (χ1v) is 7.27. The monoisotopic (exact) mass is 283 g/mol. The van der Waals surface area contributed by atoms with Crippen LogP contribution in [0.15, 0.2) is 18.3 Å². The number of hydrogen-bond acceptors (Lipinski definition) is 4. The fourth-order valence-electron chi connectivity index (χ4n) is 2.15. The van der Waals surface area contributed by atoms with E-state index in [2.05, 4.69) is 29.0 Å². The molecule has 0 aliphatic heterocycles. The molecule has 1 rings (SSSR count). The fraction of sp³-hybridized carbons (Fsp3) is 0.667. The molecule has 1 heterocycles. The van der Waals surface area contributed by atoms with E-state index in [0.29, 0.717) is 0 Å². The van der Waals surface area contributed by atoms with Crippen molar-refractivity contribution in [3.8, 4) is 0 Å². The summed E-state index contributed by atoms with van der Waals surface area (Å²) >= 11 is 0. The molecule has 1 atom stereocenters. The lowest BCUT2D eigenvalue weighted by molar-refractivity contribution is 0.147. The quantitative estimate of drug-likeness (QED) is 0.714. The maximum absolute atomic E-state index is 12.9. The van der Waals surface area contributed by atoms with Gasteiger partial charge in [-0.25, -0.2) is 4.39 Å². The molecule has 1 unspecified atom stereocenters. The number of nitrogens with zero attached hydrogens (tertiary/aromatic N) is 2. The fourth-order valence-corrected chi connectivity index (χ4v) is 2.15. The third-order valence-electron chi connectivity index (χ3n) is 3.35. The predicted octanol–water partition coefficient (Wildman–Crippen LogP) is 2.23. The molecule has 4 nitrogen and oxygen atoms in total. The Kier molecular flexibility index (Phi) is 8.34. The van der Waals surface area contributed by atoms with Crippen molar-refractivity contribution < 1.29 is 9.13 Å². The number of methoxy groups -OCH3 is 1. The van der Waals surface area contributed by atoms with Gasteiger partial charge in [-0.2, -0.15) is 0 Å². The summed E-state index contributed by atoms with van der Waals surface area (Å²) in [6.07, 6.45) is 2.23. The highest BCUT2D eigenvalue weighted by Gasteiger charge is 2.13. The highest BCUT2D eigenvalue weighted by atomic mass is 19.1. The van der Waals surface area contributed by atoms with Crippen molar-refractivity contribution in [2.24, 2.45) is 0 Å². The summed E-state index contributed by atoms with van der Waals surface area (Å²) < 4.78 is 18.1. The summed E-state index contributed by atoms with van der Waals surface area (Å²) in [5.74, 6) is -0.292. The summed E-state index contributed by atoms with van der Waals surface area (Å²) in [5.41, 5.74) is 0.899. The molecule has 1 N–H and O–H groups in total. The van der Waals surface area contributed by atoms with Crippen molar-refractivity contribution >= 4 is 0 Å². The van der Waals surface area contributed by atoms with Gasteiger partial charge in [0.2, 0.25) is 0 Å². The minimum atomic E-state index is -0.292. The average Bonchev–Trinajstić information content (AvgIpc) is 2.47. The molecule has 114 valence electrons. The molecule has 0 saturated carbocycles. The van der Waals surface area contributed by atoms with Gasteiger partial charge in [-0.3, -0.25) is 4.98 Å². The number of rotatable bonds is 10. The van der Waals surface area contributed by atoms with Crippen molar-refractivity contribution in [2.45, 2.75) is 26.3 Å². The van der Waals surface area contributed by atoms with E-state index in [4.69, 9.17) is 4.74 Å². The minimum Gasteiger partial charge on any atom is -0.383 e. The molecular formula is C15H26FN3O. The van der Waals surface area contributed by atoms with Crippen LogP contribution in [0.25, 0.3) is 0 Å². The Balaban J connectivity index is 2.55. The van der Waals surface area contributed by atoms with E-state index in [-0.39, 0.29) is 11.9 Å². The summed E-state index contributed by atoms with van der Waals surface area (Å²) in [6, 6.07) is 3.39. The Morgan fingerprint density at radius 2 is 2.15 bits per heavy atom. The molecule has 0 aromatic carbocycles. The van der Waals surface area contributed by atoms with E-state index >= 15 is 0 Å². The van der Waals surface area contributed by atoms with E-state index in [1.54, 1.807) is 13.2 Å². The van der Waals surface area contributed by atoms with Gasteiger partial charge in [0, 0.05) is 20.2 Å². The zero-order chi connectivity index (χ0) is 14.8. The van der Waals surface area contributed by atoms with E-state index < -0.39 is 0 Å². The number of aromatic nitrogens is 1. The van der Waals surface area contributed by atoms with Crippen LogP contribution in [0.4, 0.5) is 4.39 Å². The van der Waals surface area contributed by atoms with Crippen molar-refractivity contribution in [2.75, 3.05) is 39.9 Å². The average molecular weight is 283 g/mol. The second-order valence-corrected chi connectivity index (χ2v) is 4.73. The number of nitrogens with one attached hydrogen (secondary N) is 1. The van der Waals surface area contributed by atoms with Crippen molar-refractivity contribution in [1.82, 2.24) is 15.2 Å². The van der Waals surface area contributed by atoms with Gasteiger partial charge < -0.3 is 15.0 Å². The molecule has 0 bridgehead atoms. The number of hydrogen-bond donors (Lipinski definition) is 1. The van der Waals surface area contributed by atoms with Crippen LogP contribution in [0.3, 0.4) is 0 Å². The zero-order valence-electron chi connectivity index (χ0n) is 12.7. The Bertz CT molecular complexity index is 359. The van der Waals surface area contributed by atoms with Crippen LogP contribution in [0, 0.1) is 5.82 Å². The maximum Gasteiger partial charge on any atom is 0.141 e. The van der Waals surface area contributed by atoms with Gasteiger partial charge in [0.25, 0.3) is 0 Å². The van der Waals surface area contributed by atoms with Gasteiger partial charge in [-0.05, 0) is 31.6 Å². The number of pyridine rings is 1. The van der Waals surface area contributed by atoms with Crippen molar-refractivity contribution in [3.63, 3.8) is 0 Å². The standard InChI is InChI=1S/C15H26FN3O/c1-4-17-15(14-7-6-13(16)12-18-14)8-9-19(5-2)10-11-20-3/h6-7,12,15,17H,4-5,8-11H2,1-3H3. The first-order chi connectivity index (χ1) is 9.71. The highest BCUT2D eigenvalue weighted by Crippen LogP contribution is 2.15. The van der Waals surface area contributed by atoms with Gasteiger partial charge in [0.1, 0.15) is 5.82 Å². The van der Waals surface area contributed by atoms with E-state index in [1.165, 1.54) is 12.3 Å². The summed E-state index contributed by atoms with van der Waals surface area (Å²) in [5, 5.41) is 3.41. The largest absolute Gasteiger partial charge is 0.383 e.